The second-order valence-corrected chi connectivity index (χ2v) is 6.26. The molecule has 0 saturated carbocycles. The maximum Gasteiger partial charge on any atom is 0.349 e. The molecule has 1 amide bonds. The summed E-state index contributed by atoms with van der Waals surface area (Å²) in [5.41, 5.74) is 0.707. The van der Waals surface area contributed by atoms with Gasteiger partial charge in [-0.2, -0.15) is 0 Å². The third-order valence-electron chi connectivity index (χ3n) is 3.46. The number of anilines is 1. The third kappa shape index (κ3) is 4.25. The van der Waals surface area contributed by atoms with Crippen molar-refractivity contribution < 1.29 is 19.1 Å². The van der Waals surface area contributed by atoms with Crippen LogP contribution in [0.25, 0.3) is 0 Å². The number of amides is 1. The number of nitrogens with zero attached hydrogens (tertiary/aromatic N) is 1. The molecule has 0 aliphatic heterocycles. The molecule has 1 heterocycles. The minimum Gasteiger partial charge on any atom is -0.476 e. The molecule has 132 valence electrons. The highest BCUT2D eigenvalue weighted by Crippen LogP contribution is 2.25. The molecule has 1 N–H and O–H groups in total. The minimum absolute atomic E-state index is 0.299. The number of rotatable bonds is 6. The maximum absolute atomic E-state index is 12.8. The predicted molar refractivity (Wildman–Crippen MR) is 98.3 cm³/mol. The van der Waals surface area contributed by atoms with Gasteiger partial charge in [-0.05, 0) is 12.1 Å². The summed E-state index contributed by atoms with van der Waals surface area (Å²) in [6.45, 7) is 0. The van der Waals surface area contributed by atoms with E-state index in [1.54, 1.807) is 12.1 Å². The van der Waals surface area contributed by atoms with E-state index in [0.29, 0.717) is 21.3 Å². The number of benzene rings is 2. The van der Waals surface area contributed by atoms with Gasteiger partial charge in [0.05, 0.1) is 13.3 Å². The number of ether oxygens (including phenoxy) is 2. The summed E-state index contributed by atoms with van der Waals surface area (Å²) in [6, 6.07) is 18.3. The number of methoxy groups -OCH3 is 1. The fraction of sp³-hybridized carbons (Fsp3) is 0.105. The number of para-hydroxylation sites is 1. The van der Waals surface area contributed by atoms with Crippen molar-refractivity contribution in [1.82, 2.24) is 4.98 Å². The average molecular weight is 368 g/mol. The first-order valence-corrected chi connectivity index (χ1v) is 8.60. The Labute approximate surface area is 154 Å². The average Bonchev–Trinajstić information content (AvgIpc) is 3.15. The van der Waals surface area contributed by atoms with Gasteiger partial charge in [0, 0.05) is 5.56 Å². The Morgan fingerprint density at radius 1 is 1.04 bits per heavy atom. The quantitative estimate of drug-likeness (QED) is 0.672. The van der Waals surface area contributed by atoms with E-state index in [1.807, 2.05) is 48.5 Å². The third-order valence-corrected chi connectivity index (χ3v) is 4.35. The summed E-state index contributed by atoms with van der Waals surface area (Å²) >= 11 is 1.04. The Balaban J connectivity index is 1.81. The fourth-order valence-electron chi connectivity index (χ4n) is 2.23. The predicted octanol–water partition coefficient (Wildman–Crippen LogP) is 3.69. The molecule has 1 atom stereocenters. The molecular weight excluding hydrogens is 352 g/mol. The summed E-state index contributed by atoms with van der Waals surface area (Å²) in [6.07, 6.45) is 0.505. The standard InChI is InChI=1S/C19H16N2O4S/c1-24-18(23)15-12-20-19(26-15)21-17(22)16(13-8-4-2-5-9-13)25-14-10-6-3-7-11-14/h2-12,16H,1H3,(H,20,21,22)/t16-/m1/s1. The number of hydrogen-bond donors (Lipinski definition) is 1. The van der Waals surface area contributed by atoms with Crippen LogP contribution in [0.3, 0.4) is 0 Å². The molecule has 0 aliphatic rings. The van der Waals surface area contributed by atoms with Crippen molar-refractivity contribution in [3.63, 3.8) is 0 Å². The fourth-order valence-corrected chi connectivity index (χ4v) is 2.97. The molecule has 3 rings (SSSR count). The van der Waals surface area contributed by atoms with Crippen LogP contribution in [0.5, 0.6) is 5.75 Å². The Kier molecular flexibility index (Phi) is 5.60. The lowest BCUT2D eigenvalue weighted by Gasteiger charge is -2.18. The molecule has 0 bridgehead atoms. The number of hydrogen-bond acceptors (Lipinski definition) is 6. The van der Waals surface area contributed by atoms with Crippen molar-refractivity contribution >= 4 is 28.3 Å². The van der Waals surface area contributed by atoms with Gasteiger partial charge in [-0.3, -0.25) is 10.1 Å². The zero-order chi connectivity index (χ0) is 18.4. The molecule has 7 heteroatoms. The number of aromatic nitrogens is 1. The van der Waals surface area contributed by atoms with Crippen LogP contribution in [-0.2, 0) is 9.53 Å². The first-order valence-electron chi connectivity index (χ1n) is 7.79. The molecule has 6 nitrogen and oxygen atoms in total. The first kappa shape index (κ1) is 17.6. The number of thiazole rings is 1. The molecule has 0 aliphatic carbocycles. The van der Waals surface area contributed by atoms with Crippen molar-refractivity contribution in [2.24, 2.45) is 0 Å². The topological polar surface area (TPSA) is 77.5 Å². The van der Waals surface area contributed by atoms with Gasteiger partial charge in [0.2, 0.25) is 6.10 Å². The molecule has 0 fully saturated rings. The lowest BCUT2D eigenvalue weighted by Crippen LogP contribution is -2.25. The summed E-state index contributed by atoms with van der Waals surface area (Å²) < 4.78 is 10.5. The Bertz CT molecular complexity index is 881. The monoisotopic (exact) mass is 368 g/mol. The number of esters is 1. The highest BCUT2D eigenvalue weighted by atomic mass is 32.1. The molecule has 0 unspecified atom stereocenters. The number of nitrogens with one attached hydrogen (secondary N) is 1. The number of carbonyl (C=O) groups excluding carboxylic acids is 2. The van der Waals surface area contributed by atoms with Crippen LogP contribution in [0.4, 0.5) is 5.13 Å². The zero-order valence-electron chi connectivity index (χ0n) is 13.9. The van der Waals surface area contributed by atoms with Crippen LogP contribution in [0.2, 0.25) is 0 Å². The molecule has 1 aromatic heterocycles. The highest BCUT2D eigenvalue weighted by Gasteiger charge is 2.24. The van der Waals surface area contributed by atoms with Gasteiger partial charge in [-0.15, -0.1) is 0 Å². The van der Waals surface area contributed by atoms with E-state index in [9.17, 15) is 9.59 Å². The molecule has 0 saturated heterocycles. The van der Waals surface area contributed by atoms with Gasteiger partial charge in [0.15, 0.2) is 5.13 Å². The van der Waals surface area contributed by atoms with Gasteiger partial charge in [0.1, 0.15) is 10.6 Å². The van der Waals surface area contributed by atoms with Crippen molar-refractivity contribution in [2.75, 3.05) is 12.4 Å². The Morgan fingerprint density at radius 2 is 1.69 bits per heavy atom. The molecule has 2 aromatic carbocycles. The SMILES string of the molecule is COC(=O)c1cnc(NC(=O)[C@H](Oc2ccccc2)c2ccccc2)s1. The second-order valence-electron chi connectivity index (χ2n) is 5.23. The lowest BCUT2D eigenvalue weighted by molar-refractivity contribution is -0.123. The van der Waals surface area contributed by atoms with Crippen LogP contribution < -0.4 is 10.1 Å². The maximum atomic E-state index is 12.8. The minimum atomic E-state index is -0.857. The molecular formula is C19H16N2O4S. The van der Waals surface area contributed by atoms with Gasteiger partial charge in [-0.25, -0.2) is 9.78 Å². The van der Waals surface area contributed by atoms with E-state index in [0.717, 1.165) is 11.3 Å². The van der Waals surface area contributed by atoms with Crippen LogP contribution >= 0.6 is 11.3 Å². The van der Waals surface area contributed by atoms with Crippen LogP contribution in [0.1, 0.15) is 21.3 Å². The Morgan fingerprint density at radius 3 is 2.35 bits per heavy atom. The van der Waals surface area contributed by atoms with Crippen LogP contribution in [0, 0.1) is 0 Å². The van der Waals surface area contributed by atoms with Crippen molar-refractivity contribution in [3.05, 3.63) is 77.3 Å². The van der Waals surface area contributed by atoms with Crippen LogP contribution in [0.15, 0.2) is 66.9 Å². The van der Waals surface area contributed by atoms with E-state index >= 15 is 0 Å². The van der Waals surface area contributed by atoms with Crippen molar-refractivity contribution in [1.29, 1.82) is 0 Å². The van der Waals surface area contributed by atoms with E-state index in [1.165, 1.54) is 13.3 Å². The van der Waals surface area contributed by atoms with Crippen molar-refractivity contribution in [3.8, 4) is 5.75 Å². The second kappa shape index (κ2) is 8.26. The van der Waals surface area contributed by atoms with Gasteiger partial charge < -0.3 is 9.47 Å². The van der Waals surface area contributed by atoms with Crippen molar-refractivity contribution in [2.45, 2.75) is 6.10 Å². The van der Waals surface area contributed by atoms with Gasteiger partial charge >= 0.3 is 5.97 Å². The zero-order valence-corrected chi connectivity index (χ0v) is 14.7. The number of carbonyl (C=O) groups is 2. The van der Waals surface area contributed by atoms with Gasteiger partial charge in [0.25, 0.3) is 5.91 Å². The highest BCUT2D eigenvalue weighted by molar-refractivity contribution is 7.17. The Hall–Kier alpha value is -3.19. The molecule has 3 aromatic rings. The summed E-state index contributed by atoms with van der Waals surface area (Å²) in [5.74, 6) is -0.306. The normalized spacial score (nSPS) is 11.4. The van der Waals surface area contributed by atoms with E-state index in [-0.39, 0.29) is 5.91 Å². The molecule has 0 radical (unpaired) electrons. The molecule has 0 spiro atoms. The summed E-state index contributed by atoms with van der Waals surface area (Å²) in [7, 11) is 1.29. The summed E-state index contributed by atoms with van der Waals surface area (Å²) in [5, 5.41) is 2.99. The van der Waals surface area contributed by atoms with Crippen LogP contribution in [-0.4, -0.2) is 24.0 Å². The van der Waals surface area contributed by atoms with E-state index in [4.69, 9.17) is 4.74 Å². The van der Waals surface area contributed by atoms with E-state index in [2.05, 4.69) is 15.0 Å². The molecule has 26 heavy (non-hydrogen) atoms. The summed E-state index contributed by atoms with van der Waals surface area (Å²) in [4.78, 5) is 28.6. The van der Waals surface area contributed by atoms with E-state index < -0.39 is 12.1 Å². The van der Waals surface area contributed by atoms with Gasteiger partial charge in [-0.1, -0.05) is 59.9 Å². The lowest BCUT2D eigenvalue weighted by atomic mass is 10.1. The largest absolute Gasteiger partial charge is 0.476 e. The first-order chi connectivity index (χ1) is 12.7. The smallest absolute Gasteiger partial charge is 0.349 e.